The fourth-order valence-electron chi connectivity index (χ4n) is 2.14. The maximum absolute atomic E-state index is 4.60. The Balaban J connectivity index is 1.55. The monoisotopic (exact) mass is 287 g/mol. The van der Waals surface area contributed by atoms with E-state index in [0.717, 1.165) is 29.7 Å². The van der Waals surface area contributed by atoms with Gasteiger partial charge in [-0.05, 0) is 5.56 Å². The first-order chi connectivity index (χ1) is 9.83. The van der Waals surface area contributed by atoms with Gasteiger partial charge in [0.2, 0.25) is 0 Å². The third kappa shape index (κ3) is 3.01. The van der Waals surface area contributed by atoms with Crippen LogP contribution in [-0.4, -0.2) is 32.2 Å². The van der Waals surface area contributed by atoms with E-state index in [-0.39, 0.29) is 0 Å². The van der Waals surface area contributed by atoms with Crippen LogP contribution in [0.25, 0.3) is 0 Å². The van der Waals surface area contributed by atoms with Gasteiger partial charge < -0.3 is 9.88 Å². The molecule has 5 nitrogen and oxygen atoms in total. The van der Waals surface area contributed by atoms with Gasteiger partial charge in [0.15, 0.2) is 5.17 Å². The number of hydrogen-bond acceptors (Lipinski definition) is 4. The molecule has 2 heterocycles. The second kappa shape index (κ2) is 6.09. The zero-order valence-corrected chi connectivity index (χ0v) is 12.2. The number of benzene rings is 1. The van der Waals surface area contributed by atoms with Crippen LogP contribution < -0.4 is 5.32 Å². The fraction of sp³-hybridized carbons (Fsp3) is 0.357. The molecule has 1 aromatic carbocycles. The van der Waals surface area contributed by atoms with Crippen LogP contribution in [0.3, 0.4) is 0 Å². The summed E-state index contributed by atoms with van der Waals surface area (Å²) in [5.41, 5.74) is 1.32. The van der Waals surface area contributed by atoms with E-state index in [4.69, 9.17) is 0 Å². The third-order valence-electron chi connectivity index (χ3n) is 3.28. The highest BCUT2D eigenvalue weighted by atomic mass is 32.2. The summed E-state index contributed by atoms with van der Waals surface area (Å²) in [6, 6.07) is 10.9. The van der Waals surface area contributed by atoms with Crippen molar-refractivity contribution in [1.29, 1.82) is 0 Å². The molecule has 0 amide bonds. The van der Waals surface area contributed by atoms with Crippen molar-refractivity contribution in [2.45, 2.75) is 12.5 Å². The summed E-state index contributed by atoms with van der Waals surface area (Å²) < 4.78 is 1.93. The topological polar surface area (TPSA) is 55.1 Å². The molecule has 0 spiro atoms. The van der Waals surface area contributed by atoms with E-state index in [1.54, 1.807) is 18.1 Å². The summed E-state index contributed by atoms with van der Waals surface area (Å²) >= 11 is 1.78. The van der Waals surface area contributed by atoms with Crippen LogP contribution in [0.15, 0.2) is 41.7 Å². The predicted molar refractivity (Wildman–Crippen MR) is 81.8 cm³/mol. The van der Waals surface area contributed by atoms with Crippen molar-refractivity contribution in [3.63, 3.8) is 0 Å². The van der Waals surface area contributed by atoms with Gasteiger partial charge in [-0.1, -0.05) is 42.1 Å². The number of rotatable bonds is 4. The molecule has 0 saturated carbocycles. The molecule has 1 aromatic heterocycles. The van der Waals surface area contributed by atoms with Gasteiger partial charge in [-0.15, -0.1) is 10.2 Å². The van der Waals surface area contributed by atoms with Gasteiger partial charge in [-0.2, -0.15) is 0 Å². The summed E-state index contributed by atoms with van der Waals surface area (Å²) in [7, 11) is 1.95. The van der Waals surface area contributed by atoms with Crippen LogP contribution in [-0.2, 0) is 13.5 Å². The Kier molecular flexibility index (Phi) is 4.01. The van der Waals surface area contributed by atoms with Gasteiger partial charge in [0.05, 0.1) is 6.04 Å². The van der Waals surface area contributed by atoms with Crippen molar-refractivity contribution < 1.29 is 0 Å². The molecule has 1 unspecified atom stereocenters. The highest BCUT2D eigenvalue weighted by molar-refractivity contribution is 8.14. The first-order valence-electron chi connectivity index (χ1n) is 6.64. The van der Waals surface area contributed by atoms with Crippen LogP contribution in [0, 0.1) is 0 Å². The van der Waals surface area contributed by atoms with E-state index in [2.05, 4.69) is 44.8 Å². The Morgan fingerprint density at radius 2 is 2.25 bits per heavy atom. The second-order valence-corrected chi connectivity index (χ2v) is 5.72. The Hall–Kier alpha value is -1.82. The smallest absolute Gasteiger partial charge is 0.157 e. The van der Waals surface area contributed by atoms with E-state index in [1.807, 2.05) is 17.7 Å². The number of thioether (sulfide) groups is 1. The molecule has 6 heteroatoms. The molecular weight excluding hydrogens is 270 g/mol. The van der Waals surface area contributed by atoms with Crippen molar-refractivity contribution in [1.82, 2.24) is 20.1 Å². The van der Waals surface area contributed by atoms with Gasteiger partial charge in [-0.25, -0.2) is 0 Å². The van der Waals surface area contributed by atoms with Crippen LogP contribution in [0.2, 0.25) is 0 Å². The first-order valence-corrected chi connectivity index (χ1v) is 7.63. The quantitative estimate of drug-likeness (QED) is 0.931. The number of nitrogens with zero attached hydrogens (tertiary/aromatic N) is 4. The minimum Gasteiger partial charge on any atom is -0.357 e. The molecule has 0 bridgehead atoms. The standard InChI is InChI=1S/C14H17N5S/c1-19-10-16-18-13(19)7-8-15-14-17-12(9-20-14)11-5-3-2-4-6-11/h2-6,10,12H,7-9H2,1H3,(H,15,17). The number of aryl methyl sites for hydroxylation is 1. The molecule has 1 aliphatic rings. The number of aromatic nitrogens is 3. The Bertz CT molecular complexity index is 593. The fourth-order valence-corrected chi connectivity index (χ4v) is 3.15. The van der Waals surface area contributed by atoms with Gasteiger partial charge in [0.1, 0.15) is 12.2 Å². The number of hydrogen-bond donors (Lipinski definition) is 1. The maximum atomic E-state index is 4.60. The van der Waals surface area contributed by atoms with Gasteiger partial charge in [0, 0.05) is 25.8 Å². The largest absolute Gasteiger partial charge is 0.357 e. The molecule has 1 N–H and O–H groups in total. The lowest BCUT2D eigenvalue weighted by Crippen LogP contribution is -2.19. The van der Waals surface area contributed by atoms with Crippen molar-refractivity contribution in [2.24, 2.45) is 12.0 Å². The van der Waals surface area contributed by atoms with E-state index in [0.29, 0.717) is 6.04 Å². The lowest BCUT2D eigenvalue weighted by molar-refractivity contribution is 0.742. The lowest BCUT2D eigenvalue weighted by Gasteiger charge is -2.09. The zero-order valence-electron chi connectivity index (χ0n) is 11.4. The van der Waals surface area contributed by atoms with Crippen molar-refractivity contribution in [2.75, 3.05) is 12.3 Å². The minimum atomic E-state index is 0.370. The second-order valence-electron chi connectivity index (χ2n) is 4.71. The summed E-state index contributed by atoms with van der Waals surface area (Å²) in [6.45, 7) is 0.739. The van der Waals surface area contributed by atoms with Crippen LogP contribution in [0.1, 0.15) is 17.4 Å². The zero-order chi connectivity index (χ0) is 13.8. The average Bonchev–Trinajstić information content (AvgIpc) is 3.10. The highest BCUT2D eigenvalue weighted by Gasteiger charge is 2.21. The Labute approximate surface area is 122 Å². The minimum absolute atomic E-state index is 0.370. The number of aliphatic imine (C=N–C) groups is 1. The van der Waals surface area contributed by atoms with Gasteiger partial charge in [-0.3, -0.25) is 4.99 Å². The average molecular weight is 287 g/mol. The maximum Gasteiger partial charge on any atom is 0.157 e. The molecule has 0 aliphatic carbocycles. The Morgan fingerprint density at radius 1 is 1.40 bits per heavy atom. The summed E-state index contributed by atoms with van der Waals surface area (Å²) in [6.07, 6.45) is 2.54. The first kappa shape index (κ1) is 13.2. The number of nitrogens with one attached hydrogen (secondary N) is 1. The van der Waals surface area contributed by atoms with Gasteiger partial charge in [0.25, 0.3) is 0 Å². The molecule has 1 saturated heterocycles. The lowest BCUT2D eigenvalue weighted by atomic mass is 10.1. The molecule has 1 atom stereocenters. The summed E-state index contributed by atoms with van der Waals surface area (Å²) in [5, 5.41) is 12.4. The van der Waals surface area contributed by atoms with Crippen LogP contribution >= 0.6 is 11.8 Å². The van der Waals surface area contributed by atoms with Crippen LogP contribution in [0.5, 0.6) is 0 Å². The van der Waals surface area contributed by atoms with Crippen LogP contribution in [0.4, 0.5) is 0 Å². The SMILES string of the molecule is Cn1cnnc1CCN=C1NC(c2ccccc2)CS1. The molecule has 104 valence electrons. The predicted octanol–water partition coefficient (Wildman–Crippen LogP) is 1.79. The highest BCUT2D eigenvalue weighted by Crippen LogP contribution is 2.25. The summed E-state index contributed by atoms with van der Waals surface area (Å²) in [4.78, 5) is 4.60. The Morgan fingerprint density at radius 3 is 3.00 bits per heavy atom. The molecule has 0 radical (unpaired) electrons. The molecule has 2 aromatic rings. The van der Waals surface area contributed by atoms with Gasteiger partial charge >= 0.3 is 0 Å². The normalized spacial score (nSPS) is 20.2. The third-order valence-corrected chi connectivity index (χ3v) is 4.30. The molecule has 20 heavy (non-hydrogen) atoms. The van der Waals surface area contributed by atoms with Crippen molar-refractivity contribution in [3.05, 3.63) is 48.0 Å². The summed E-state index contributed by atoms with van der Waals surface area (Å²) in [5.74, 6) is 2.00. The molecule has 1 fully saturated rings. The van der Waals surface area contributed by atoms with E-state index >= 15 is 0 Å². The molecule has 1 aliphatic heterocycles. The van der Waals surface area contributed by atoms with Crippen molar-refractivity contribution in [3.8, 4) is 0 Å². The van der Waals surface area contributed by atoms with E-state index < -0.39 is 0 Å². The van der Waals surface area contributed by atoms with E-state index in [9.17, 15) is 0 Å². The number of amidine groups is 1. The molecule has 3 rings (SSSR count). The van der Waals surface area contributed by atoms with Crippen molar-refractivity contribution >= 4 is 16.9 Å². The van der Waals surface area contributed by atoms with E-state index in [1.165, 1.54) is 5.56 Å². The molecular formula is C14H17N5S.